The molecule has 0 spiro atoms. The standard InChI is InChI=1S/C11H16N4O4/c16-11(17)9-3-1-2-5-13(9)7-8-14-6-4-10(12-14)15(18)19/h4,6,9H,1-3,5,7-8H2,(H,16,17). The number of hydrogen-bond acceptors (Lipinski definition) is 5. The summed E-state index contributed by atoms with van der Waals surface area (Å²) in [5.74, 6) is -0.987. The van der Waals surface area contributed by atoms with Crippen LogP contribution < -0.4 is 0 Å². The second kappa shape index (κ2) is 5.79. The van der Waals surface area contributed by atoms with Crippen LogP contribution in [0.25, 0.3) is 0 Å². The normalized spacial score (nSPS) is 20.3. The molecular formula is C11H16N4O4. The third-order valence-corrected chi connectivity index (χ3v) is 3.33. The first-order valence-corrected chi connectivity index (χ1v) is 6.22. The number of carboxylic acid groups (broad SMARTS) is 1. The van der Waals surface area contributed by atoms with E-state index < -0.39 is 16.9 Å². The van der Waals surface area contributed by atoms with E-state index >= 15 is 0 Å². The summed E-state index contributed by atoms with van der Waals surface area (Å²) in [5.41, 5.74) is 0. The van der Waals surface area contributed by atoms with Crippen LogP contribution in [0, 0.1) is 10.1 Å². The minimum atomic E-state index is -0.800. The number of carboxylic acids is 1. The number of rotatable bonds is 5. The van der Waals surface area contributed by atoms with Crippen molar-refractivity contribution in [3.63, 3.8) is 0 Å². The number of likely N-dealkylation sites (tertiary alicyclic amines) is 1. The molecule has 1 atom stereocenters. The Morgan fingerprint density at radius 2 is 2.32 bits per heavy atom. The highest BCUT2D eigenvalue weighted by Gasteiger charge is 2.28. The molecule has 1 aliphatic heterocycles. The van der Waals surface area contributed by atoms with Crippen molar-refractivity contribution < 1.29 is 14.8 Å². The van der Waals surface area contributed by atoms with Crippen LogP contribution in [0.1, 0.15) is 19.3 Å². The minimum Gasteiger partial charge on any atom is -0.480 e. The van der Waals surface area contributed by atoms with Crippen molar-refractivity contribution in [2.75, 3.05) is 13.1 Å². The van der Waals surface area contributed by atoms with Gasteiger partial charge in [-0.1, -0.05) is 6.42 Å². The average molecular weight is 268 g/mol. The van der Waals surface area contributed by atoms with E-state index in [0.29, 0.717) is 19.5 Å². The van der Waals surface area contributed by atoms with E-state index in [-0.39, 0.29) is 5.82 Å². The second-order valence-electron chi connectivity index (χ2n) is 4.58. The number of nitrogens with zero attached hydrogens (tertiary/aromatic N) is 4. The molecule has 0 saturated carbocycles. The zero-order valence-corrected chi connectivity index (χ0v) is 10.4. The van der Waals surface area contributed by atoms with Gasteiger partial charge in [-0.2, -0.15) is 4.68 Å². The first-order chi connectivity index (χ1) is 9.08. The maximum Gasteiger partial charge on any atom is 0.389 e. The van der Waals surface area contributed by atoms with Gasteiger partial charge in [-0.3, -0.25) is 9.69 Å². The van der Waals surface area contributed by atoms with E-state index in [1.54, 1.807) is 0 Å². The molecule has 2 rings (SSSR count). The Labute approximate surface area is 109 Å². The molecular weight excluding hydrogens is 252 g/mol. The summed E-state index contributed by atoms with van der Waals surface area (Å²) in [6, 6.07) is 0.893. The molecule has 0 bridgehead atoms. The Kier molecular flexibility index (Phi) is 4.10. The zero-order chi connectivity index (χ0) is 13.8. The number of carbonyl (C=O) groups is 1. The molecule has 0 radical (unpaired) electrons. The number of aromatic nitrogens is 2. The summed E-state index contributed by atoms with van der Waals surface area (Å²) < 4.78 is 1.48. The summed E-state index contributed by atoms with van der Waals surface area (Å²) in [7, 11) is 0. The highest BCUT2D eigenvalue weighted by Crippen LogP contribution is 2.17. The van der Waals surface area contributed by atoms with Gasteiger partial charge in [0.2, 0.25) is 0 Å². The molecule has 1 aromatic rings. The van der Waals surface area contributed by atoms with Crippen molar-refractivity contribution >= 4 is 11.8 Å². The van der Waals surface area contributed by atoms with Crippen molar-refractivity contribution in [1.82, 2.24) is 14.7 Å². The van der Waals surface area contributed by atoms with Crippen molar-refractivity contribution in [2.24, 2.45) is 0 Å². The highest BCUT2D eigenvalue weighted by molar-refractivity contribution is 5.73. The van der Waals surface area contributed by atoms with E-state index in [4.69, 9.17) is 5.11 Å². The summed E-state index contributed by atoms with van der Waals surface area (Å²) >= 11 is 0. The maximum atomic E-state index is 11.1. The second-order valence-corrected chi connectivity index (χ2v) is 4.58. The molecule has 1 saturated heterocycles. The number of aliphatic carboxylic acids is 1. The molecule has 1 aromatic heterocycles. The van der Waals surface area contributed by atoms with Crippen LogP contribution in [0.2, 0.25) is 0 Å². The van der Waals surface area contributed by atoms with Gasteiger partial charge in [-0.25, -0.2) is 0 Å². The van der Waals surface area contributed by atoms with E-state index in [1.165, 1.54) is 16.9 Å². The summed E-state index contributed by atoms with van der Waals surface area (Å²) in [6.45, 7) is 1.74. The van der Waals surface area contributed by atoms with Crippen LogP contribution in [-0.4, -0.2) is 49.8 Å². The van der Waals surface area contributed by atoms with Gasteiger partial charge in [0.1, 0.15) is 6.04 Å². The summed E-state index contributed by atoms with van der Waals surface area (Å²) in [5, 5.41) is 23.4. The van der Waals surface area contributed by atoms with Crippen molar-refractivity contribution in [1.29, 1.82) is 0 Å². The Balaban J connectivity index is 1.92. The smallest absolute Gasteiger partial charge is 0.389 e. The molecule has 104 valence electrons. The molecule has 8 heteroatoms. The Hall–Kier alpha value is -1.96. The Morgan fingerprint density at radius 1 is 1.53 bits per heavy atom. The minimum absolute atomic E-state index is 0.187. The van der Waals surface area contributed by atoms with Gasteiger partial charge >= 0.3 is 11.8 Å². The SMILES string of the molecule is O=C(O)C1CCCCN1CCn1ccc([N+](=O)[O-])n1. The van der Waals surface area contributed by atoms with Gasteiger partial charge in [-0.15, -0.1) is 0 Å². The predicted molar refractivity (Wildman–Crippen MR) is 65.7 cm³/mol. The monoisotopic (exact) mass is 268 g/mol. The lowest BCUT2D eigenvalue weighted by Crippen LogP contribution is -2.45. The van der Waals surface area contributed by atoms with E-state index in [9.17, 15) is 14.9 Å². The summed E-state index contributed by atoms with van der Waals surface area (Å²) in [4.78, 5) is 23.0. The van der Waals surface area contributed by atoms with Crippen LogP contribution in [0.3, 0.4) is 0 Å². The first kappa shape index (κ1) is 13.5. The number of nitro groups is 1. The average Bonchev–Trinajstić information content (AvgIpc) is 2.85. The van der Waals surface area contributed by atoms with Crippen molar-refractivity contribution in [3.8, 4) is 0 Å². The molecule has 0 aromatic carbocycles. The highest BCUT2D eigenvalue weighted by atomic mass is 16.6. The molecule has 1 fully saturated rings. The fraction of sp³-hybridized carbons (Fsp3) is 0.636. The maximum absolute atomic E-state index is 11.1. The topological polar surface area (TPSA) is 102 Å². The van der Waals surface area contributed by atoms with E-state index in [1.807, 2.05) is 4.90 Å². The van der Waals surface area contributed by atoms with Crippen LogP contribution in [0.4, 0.5) is 5.82 Å². The lowest BCUT2D eigenvalue weighted by Gasteiger charge is -2.32. The van der Waals surface area contributed by atoms with Gasteiger partial charge in [-0.05, 0) is 24.3 Å². The van der Waals surface area contributed by atoms with Gasteiger partial charge in [0.15, 0.2) is 0 Å². The van der Waals surface area contributed by atoms with Crippen LogP contribution in [-0.2, 0) is 11.3 Å². The quantitative estimate of drug-likeness (QED) is 0.624. The third kappa shape index (κ3) is 3.28. The molecule has 1 unspecified atom stereocenters. The van der Waals surface area contributed by atoms with Gasteiger partial charge in [0.05, 0.1) is 23.9 Å². The number of piperidine rings is 1. The Morgan fingerprint density at radius 3 is 2.95 bits per heavy atom. The number of hydrogen-bond donors (Lipinski definition) is 1. The Bertz CT molecular complexity index is 473. The van der Waals surface area contributed by atoms with Gasteiger partial charge < -0.3 is 15.2 Å². The fourth-order valence-corrected chi connectivity index (χ4v) is 2.34. The molecule has 2 heterocycles. The van der Waals surface area contributed by atoms with E-state index in [0.717, 1.165) is 19.4 Å². The van der Waals surface area contributed by atoms with Crippen molar-refractivity contribution in [3.05, 3.63) is 22.4 Å². The summed E-state index contributed by atoms with van der Waals surface area (Å²) in [6.07, 6.45) is 4.12. The zero-order valence-electron chi connectivity index (χ0n) is 10.4. The third-order valence-electron chi connectivity index (χ3n) is 3.33. The van der Waals surface area contributed by atoms with Crippen LogP contribution in [0.15, 0.2) is 12.3 Å². The van der Waals surface area contributed by atoms with Gasteiger partial charge in [0, 0.05) is 6.54 Å². The van der Waals surface area contributed by atoms with Gasteiger partial charge in [0.25, 0.3) is 0 Å². The molecule has 1 aliphatic rings. The molecule has 8 nitrogen and oxygen atoms in total. The first-order valence-electron chi connectivity index (χ1n) is 6.22. The lowest BCUT2D eigenvalue weighted by molar-refractivity contribution is -0.389. The predicted octanol–water partition coefficient (Wildman–Crippen LogP) is 0.730. The molecule has 0 aliphatic carbocycles. The molecule has 1 N–H and O–H groups in total. The molecule has 0 amide bonds. The lowest BCUT2D eigenvalue weighted by atomic mass is 10.0. The molecule has 19 heavy (non-hydrogen) atoms. The van der Waals surface area contributed by atoms with Crippen LogP contribution >= 0.6 is 0 Å². The van der Waals surface area contributed by atoms with E-state index in [2.05, 4.69) is 5.10 Å². The van der Waals surface area contributed by atoms with Crippen molar-refractivity contribution in [2.45, 2.75) is 31.8 Å². The van der Waals surface area contributed by atoms with Crippen LogP contribution in [0.5, 0.6) is 0 Å². The largest absolute Gasteiger partial charge is 0.480 e. The fourth-order valence-electron chi connectivity index (χ4n) is 2.34.